The average Bonchev–Trinajstić information content (AvgIpc) is 3.28. The van der Waals surface area contributed by atoms with Crippen LogP contribution in [0, 0.1) is 19.7 Å². The van der Waals surface area contributed by atoms with E-state index in [4.69, 9.17) is 8.94 Å². The van der Waals surface area contributed by atoms with Crippen molar-refractivity contribution in [2.45, 2.75) is 13.8 Å². The summed E-state index contributed by atoms with van der Waals surface area (Å²) in [6.07, 6.45) is 0. The molecule has 0 aliphatic rings. The predicted octanol–water partition coefficient (Wildman–Crippen LogP) is 5.00. The number of nitrogens with one attached hydrogen (secondary N) is 1. The molecule has 1 amide bonds. The number of carbonyl (C=O) groups excluding carboxylic acids is 1. The summed E-state index contributed by atoms with van der Waals surface area (Å²) in [5.41, 5.74) is 2.21. The minimum Gasteiger partial charge on any atom is -0.466 e. The van der Waals surface area contributed by atoms with Crippen molar-refractivity contribution in [3.63, 3.8) is 0 Å². The summed E-state index contributed by atoms with van der Waals surface area (Å²) in [5, 5.41) is 6.79. The molecule has 28 heavy (non-hydrogen) atoms. The van der Waals surface area contributed by atoms with E-state index in [2.05, 4.69) is 15.5 Å². The Labute approximate surface area is 160 Å². The highest BCUT2D eigenvalue weighted by Crippen LogP contribution is 2.25. The molecule has 0 atom stereocenters. The van der Waals surface area contributed by atoms with Gasteiger partial charge in [0.05, 0.1) is 5.56 Å². The van der Waals surface area contributed by atoms with Gasteiger partial charge in [-0.1, -0.05) is 23.4 Å². The van der Waals surface area contributed by atoms with E-state index in [-0.39, 0.29) is 17.6 Å². The molecular weight excluding hydrogens is 361 g/mol. The fraction of sp³-hybridized carbons (Fsp3) is 0.0952. The Morgan fingerprint density at radius 3 is 2.57 bits per heavy atom. The van der Waals surface area contributed by atoms with Gasteiger partial charge in [-0.2, -0.15) is 4.98 Å². The molecule has 0 aliphatic carbocycles. The van der Waals surface area contributed by atoms with Gasteiger partial charge in [0.2, 0.25) is 5.82 Å². The third kappa shape index (κ3) is 3.55. The van der Waals surface area contributed by atoms with Crippen molar-refractivity contribution in [1.82, 2.24) is 10.1 Å². The van der Waals surface area contributed by atoms with Crippen molar-refractivity contribution >= 4 is 11.6 Å². The first-order valence-corrected chi connectivity index (χ1v) is 8.58. The van der Waals surface area contributed by atoms with Crippen molar-refractivity contribution in [3.05, 3.63) is 77.5 Å². The highest BCUT2D eigenvalue weighted by molar-refractivity contribution is 6.05. The van der Waals surface area contributed by atoms with Crippen LogP contribution in [0.25, 0.3) is 22.8 Å². The van der Waals surface area contributed by atoms with Crippen LogP contribution in [0.1, 0.15) is 21.9 Å². The summed E-state index contributed by atoms with van der Waals surface area (Å²) in [7, 11) is 0. The van der Waals surface area contributed by atoms with Crippen LogP contribution in [0.15, 0.2) is 63.5 Å². The molecule has 4 rings (SSSR count). The number of rotatable bonds is 4. The van der Waals surface area contributed by atoms with Crippen molar-refractivity contribution in [2.24, 2.45) is 0 Å². The Hall–Kier alpha value is -3.74. The van der Waals surface area contributed by atoms with Gasteiger partial charge in [-0.3, -0.25) is 4.79 Å². The first-order valence-electron chi connectivity index (χ1n) is 8.58. The number of aryl methyl sites for hydroxylation is 2. The Kier molecular flexibility index (Phi) is 4.49. The number of anilines is 1. The maximum absolute atomic E-state index is 13.4. The third-order valence-corrected chi connectivity index (χ3v) is 4.16. The second kappa shape index (κ2) is 7.11. The highest BCUT2D eigenvalue weighted by atomic mass is 19.1. The van der Waals surface area contributed by atoms with E-state index in [9.17, 15) is 9.18 Å². The lowest BCUT2D eigenvalue weighted by atomic mass is 10.1. The van der Waals surface area contributed by atoms with Crippen molar-refractivity contribution in [2.75, 3.05) is 5.32 Å². The second-order valence-corrected chi connectivity index (χ2v) is 6.30. The van der Waals surface area contributed by atoms with E-state index in [1.807, 2.05) is 0 Å². The largest absolute Gasteiger partial charge is 0.466 e. The van der Waals surface area contributed by atoms with Crippen molar-refractivity contribution < 1.29 is 18.1 Å². The summed E-state index contributed by atoms with van der Waals surface area (Å²) in [6, 6.07) is 14.7. The smallest absolute Gasteiger partial charge is 0.259 e. The van der Waals surface area contributed by atoms with Gasteiger partial charge in [-0.05, 0) is 50.2 Å². The second-order valence-electron chi connectivity index (χ2n) is 6.30. The van der Waals surface area contributed by atoms with Gasteiger partial charge in [0, 0.05) is 16.8 Å². The third-order valence-electron chi connectivity index (χ3n) is 4.16. The number of halogens is 1. The van der Waals surface area contributed by atoms with Gasteiger partial charge >= 0.3 is 0 Å². The van der Waals surface area contributed by atoms with Crippen LogP contribution in [-0.2, 0) is 0 Å². The Morgan fingerprint density at radius 2 is 1.82 bits per heavy atom. The number of benzene rings is 2. The van der Waals surface area contributed by atoms with E-state index in [0.717, 1.165) is 0 Å². The molecule has 0 radical (unpaired) electrons. The molecule has 4 aromatic rings. The number of furan rings is 1. The zero-order valence-electron chi connectivity index (χ0n) is 15.2. The molecule has 0 fully saturated rings. The number of nitrogens with zero attached hydrogens (tertiary/aromatic N) is 2. The summed E-state index contributed by atoms with van der Waals surface area (Å²) in [5.74, 6) is 1.14. The van der Waals surface area contributed by atoms with Gasteiger partial charge in [-0.25, -0.2) is 4.39 Å². The molecule has 0 saturated carbocycles. The van der Waals surface area contributed by atoms with E-state index < -0.39 is 0 Å². The molecule has 0 saturated heterocycles. The van der Waals surface area contributed by atoms with Gasteiger partial charge in [0.25, 0.3) is 11.8 Å². The minimum absolute atomic E-state index is 0.216. The lowest BCUT2D eigenvalue weighted by Crippen LogP contribution is -2.12. The molecule has 2 aromatic carbocycles. The van der Waals surface area contributed by atoms with Crippen LogP contribution in [0.4, 0.5) is 10.1 Å². The molecule has 140 valence electrons. The summed E-state index contributed by atoms with van der Waals surface area (Å²) >= 11 is 0. The van der Waals surface area contributed by atoms with Gasteiger partial charge in [0.1, 0.15) is 17.3 Å². The molecule has 1 N–H and O–H groups in total. The fourth-order valence-corrected chi connectivity index (χ4v) is 2.87. The van der Waals surface area contributed by atoms with Crippen LogP contribution < -0.4 is 5.32 Å². The monoisotopic (exact) mass is 377 g/mol. The molecule has 2 aromatic heterocycles. The summed E-state index contributed by atoms with van der Waals surface area (Å²) in [4.78, 5) is 16.8. The Morgan fingerprint density at radius 1 is 1.04 bits per heavy atom. The summed E-state index contributed by atoms with van der Waals surface area (Å²) < 4.78 is 24.0. The molecule has 0 bridgehead atoms. The van der Waals surface area contributed by atoms with Gasteiger partial charge in [-0.15, -0.1) is 0 Å². The fourth-order valence-electron chi connectivity index (χ4n) is 2.87. The van der Waals surface area contributed by atoms with E-state index in [1.165, 1.54) is 12.1 Å². The minimum atomic E-state index is -0.383. The number of hydrogen-bond donors (Lipinski definition) is 1. The van der Waals surface area contributed by atoms with E-state index in [1.54, 1.807) is 56.3 Å². The predicted molar refractivity (Wildman–Crippen MR) is 101 cm³/mol. The Balaban J connectivity index is 1.57. The first-order chi connectivity index (χ1) is 13.5. The maximum Gasteiger partial charge on any atom is 0.259 e. The molecule has 2 heterocycles. The SMILES string of the molecule is Cc1cc(C(=O)Nc2cccc(-c3noc(-c4cccc(F)c4)n3)c2)c(C)o1. The van der Waals surface area contributed by atoms with Crippen LogP contribution in [-0.4, -0.2) is 16.0 Å². The first kappa shape index (κ1) is 17.7. The van der Waals surface area contributed by atoms with E-state index >= 15 is 0 Å². The molecule has 7 heteroatoms. The lowest BCUT2D eigenvalue weighted by molar-refractivity contribution is 0.102. The zero-order valence-corrected chi connectivity index (χ0v) is 15.2. The zero-order chi connectivity index (χ0) is 19.7. The lowest BCUT2D eigenvalue weighted by Gasteiger charge is -2.05. The van der Waals surface area contributed by atoms with Crippen molar-refractivity contribution in [1.29, 1.82) is 0 Å². The molecule has 0 unspecified atom stereocenters. The van der Waals surface area contributed by atoms with Crippen molar-refractivity contribution in [3.8, 4) is 22.8 Å². The molecular formula is C21H16FN3O3. The van der Waals surface area contributed by atoms with Crippen LogP contribution in [0.3, 0.4) is 0 Å². The average molecular weight is 377 g/mol. The molecule has 0 aliphatic heterocycles. The number of aromatic nitrogens is 2. The number of amides is 1. The standard InChI is InChI=1S/C21H16FN3O3/c1-12-9-18(13(2)27-12)20(26)23-17-8-4-5-14(11-17)19-24-21(28-25-19)15-6-3-7-16(22)10-15/h3-11H,1-2H3,(H,23,26). The Bertz CT molecular complexity index is 1160. The van der Waals surface area contributed by atoms with Crippen LogP contribution >= 0.6 is 0 Å². The maximum atomic E-state index is 13.4. The topological polar surface area (TPSA) is 81.2 Å². The molecule has 6 nitrogen and oxygen atoms in total. The van der Waals surface area contributed by atoms with Gasteiger partial charge in [0.15, 0.2) is 0 Å². The van der Waals surface area contributed by atoms with E-state index in [0.29, 0.717) is 39.7 Å². The highest BCUT2D eigenvalue weighted by Gasteiger charge is 2.15. The molecule has 0 spiro atoms. The van der Waals surface area contributed by atoms with Crippen LogP contribution in [0.5, 0.6) is 0 Å². The van der Waals surface area contributed by atoms with Gasteiger partial charge < -0.3 is 14.3 Å². The van der Waals surface area contributed by atoms with Crippen LogP contribution in [0.2, 0.25) is 0 Å². The number of hydrogen-bond acceptors (Lipinski definition) is 5. The summed E-state index contributed by atoms with van der Waals surface area (Å²) in [6.45, 7) is 3.53. The quantitative estimate of drug-likeness (QED) is 0.541. The normalized spacial score (nSPS) is 10.8. The number of carbonyl (C=O) groups is 1.